The Balaban J connectivity index is 1.78. The van der Waals surface area contributed by atoms with E-state index in [1.165, 1.54) is 43.1 Å². The molecule has 1 saturated carbocycles. The van der Waals surface area contributed by atoms with Crippen LogP contribution in [0, 0.1) is 0 Å². The van der Waals surface area contributed by atoms with Crippen molar-refractivity contribution in [2.45, 2.75) is 64.4 Å². The number of aromatic amines is 1. The van der Waals surface area contributed by atoms with Gasteiger partial charge < -0.3 is 9.72 Å². The third kappa shape index (κ3) is 4.31. The Morgan fingerprint density at radius 3 is 2.45 bits per heavy atom. The second-order valence-electron chi connectivity index (χ2n) is 8.97. The number of fused-ring (bicyclic) bond motifs is 1. The van der Waals surface area contributed by atoms with Crippen LogP contribution in [-0.4, -0.2) is 16.7 Å². The lowest BCUT2D eigenvalue weighted by Crippen LogP contribution is -2.27. The fourth-order valence-corrected chi connectivity index (χ4v) is 4.42. The summed E-state index contributed by atoms with van der Waals surface area (Å²) < 4.78 is 5.48. The highest BCUT2D eigenvalue weighted by atomic mass is 16.6. The maximum absolute atomic E-state index is 12.4. The second-order valence-corrected chi connectivity index (χ2v) is 8.97. The van der Waals surface area contributed by atoms with E-state index in [0.717, 1.165) is 22.5 Å². The summed E-state index contributed by atoms with van der Waals surface area (Å²) in [5.74, 6) is 0.546. The monoisotopic (exact) mass is 390 g/mol. The lowest BCUT2D eigenvalue weighted by molar-refractivity contribution is 0.0636. The summed E-state index contributed by atoms with van der Waals surface area (Å²) in [6.45, 7) is 5.62. The molecule has 2 aromatic carbocycles. The zero-order valence-corrected chi connectivity index (χ0v) is 17.5. The molecule has 1 amide bonds. The molecule has 2 N–H and O–H groups in total. The van der Waals surface area contributed by atoms with E-state index in [1.807, 2.05) is 39.0 Å². The third-order valence-electron chi connectivity index (χ3n) is 5.59. The number of ether oxygens (including phenoxy) is 1. The second kappa shape index (κ2) is 7.94. The van der Waals surface area contributed by atoms with Gasteiger partial charge in [-0.2, -0.15) is 0 Å². The number of hydrogen-bond donors (Lipinski definition) is 2. The van der Waals surface area contributed by atoms with Crippen molar-refractivity contribution in [3.63, 3.8) is 0 Å². The maximum atomic E-state index is 12.4. The van der Waals surface area contributed by atoms with Gasteiger partial charge >= 0.3 is 6.09 Å². The number of aromatic nitrogens is 1. The number of benzene rings is 2. The molecule has 0 atom stereocenters. The summed E-state index contributed by atoms with van der Waals surface area (Å²) in [4.78, 5) is 16.1. The fourth-order valence-electron chi connectivity index (χ4n) is 4.42. The molecule has 1 heterocycles. The molecule has 0 spiro atoms. The highest BCUT2D eigenvalue weighted by Crippen LogP contribution is 2.43. The Labute approximate surface area is 172 Å². The number of carbonyl (C=O) groups is 1. The van der Waals surface area contributed by atoms with Gasteiger partial charge in [0.05, 0.1) is 11.4 Å². The first-order valence-corrected chi connectivity index (χ1v) is 10.6. The van der Waals surface area contributed by atoms with Gasteiger partial charge in [-0.25, -0.2) is 4.79 Å². The number of H-pyrrole nitrogens is 1. The number of rotatable bonds is 3. The van der Waals surface area contributed by atoms with Crippen LogP contribution in [0.1, 0.15) is 64.4 Å². The van der Waals surface area contributed by atoms with Crippen molar-refractivity contribution in [1.82, 2.24) is 4.98 Å². The summed E-state index contributed by atoms with van der Waals surface area (Å²) >= 11 is 0. The first-order chi connectivity index (χ1) is 13.9. The van der Waals surface area contributed by atoms with Gasteiger partial charge in [-0.1, -0.05) is 55.7 Å². The number of anilines is 1. The summed E-state index contributed by atoms with van der Waals surface area (Å²) in [7, 11) is 0. The van der Waals surface area contributed by atoms with Crippen LogP contribution in [0.15, 0.2) is 48.5 Å². The van der Waals surface area contributed by atoms with E-state index in [2.05, 4.69) is 40.6 Å². The first kappa shape index (κ1) is 19.6. The topological polar surface area (TPSA) is 54.1 Å². The highest BCUT2D eigenvalue weighted by Gasteiger charge is 2.25. The molecule has 0 saturated heterocycles. The minimum Gasteiger partial charge on any atom is -0.444 e. The highest BCUT2D eigenvalue weighted by molar-refractivity contribution is 5.97. The molecule has 29 heavy (non-hydrogen) atoms. The van der Waals surface area contributed by atoms with Crippen molar-refractivity contribution >= 4 is 22.7 Å². The van der Waals surface area contributed by atoms with Crippen LogP contribution < -0.4 is 5.32 Å². The molecule has 0 radical (unpaired) electrons. The van der Waals surface area contributed by atoms with Crippen LogP contribution in [0.2, 0.25) is 0 Å². The van der Waals surface area contributed by atoms with Gasteiger partial charge in [0.25, 0.3) is 0 Å². The van der Waals surface area contributed by atoms with E-state index in [0.29, 0.717) is 5.92 Å². The third-order valence-corrected chi connectivity index (χ3v) is 5.59. The van der Waals surface area contributed by atoms with Crippen LogP contribution in [0.5, 0.6) is 0 Å². The maximum Gasteiger partial charge on any atom is 0.412 e. The molecule has 1 fully saturated rings. The average Bonchev–Trinajstić information content (AvgIpc) is 3.07. The van der Waals surface area contributed by atoms with E-state index in [1.54, 1.807) is 0 Å². The predicted octanol–water partition coefficient (Wildman–Crippen LogP) is 7.23. The lowest BCUT2D eigenvalue weighted by Gasteiger charge is -2.24. The molecule has 1 aliphatic rings. The Hall–Kier alpha value is -2.75. The van der Waals surface area contributed by atoms with Crippen molar-refractivity contribution in [3.8, 4) is 11.3 Å². The molecule has 152 valence electrons. The molecule has 3 aromatic rings. The van der Waals surface area contributed by atoms with E-state index in [9.17, 15) is 4.79 Å². The summed E-state index contributed by atoms with van der Waals surface area (Å²) in [5.41, 5.74) is 4.90. The molecule has 1 aliphatic carbocycles. The summed E-state index contributed by atoms with van der Waals surface area (Å²) in [6.07, 6.45) is 5.89. The SMILES string of the molecule is CC(C)(C)OC(=O)Nc1ccccc1-c1[nH]c2ccccc2c1C1CCCCC1. The normalized spacial score (nSPS) is 15.4. The molecule has 4 nitrogen and oxygen atoms in total. The van der Waals surface area contributed by atoms with Gasteiger partial charge in [-0.3, -0.25) is 5.32 Å². The van der Waals surface area contributed by atoms with Crippen molar-refractivity contribution in [2.75, 3.05) is 5.32 Å². The van der Waals surface area contributed by atoms with Crippen molar-refractivity contribution < 1.29 is 9.53 Å². The van der Waals surface area contributed by atoms with Gasteiger partial charge in [0.15, 0.2) is 0 Å². The van der Waals surface area contributed by atoms with Crippen LogP contribution in [-0.2, 0) is 4.74 Å². The van der Waals surface area contributed by atoms with Crippen molar-refractivity contribution in [3.05, 3.63) is 54.1 Å². The summed E-state index contributed by atoms with van der Waals surface area (Å²) in [6, 6.07) is 16.5. The fraction of sp³-hybridized carbons (Fsp3) is 0.400. The first-order valence-electron chi connectivity index (χ1n) is 10.6. The molecular weight excluding hydrogens is 360 g/mol. The molecule has 1 aromatic heterocycles. The zero-order chi connectivity index (χ0) is 20.4. The zero-order valence-electron chi connectivity index (χ0n) is 17.5. The average molecular weight is 391 g/mol. The summed E-state index contributed by atoms with van der Waals surface area (Å²) in [5, 5.41) is 4.25. The molecule has 0 bridgehead atoms. The van der Waals surface area contributed by atoms with Crippen LogP contribution in [0.3, 0.4) is 0 Å². The molecule has 4 rings (SSSR count). The number of hydrogen-bond acceptors (Lipinski definition) is 2. The Morgan fingerprint density at radius 1 is 1.00 bits per heavy atom. The number of para-hydroxylation sites is 2. The van der Waals surface area contributed by atoms with Crippen molar-refractivity contribution in [2.24, 2.45) is 0 Å². The minimum absolute atomic E-state index is 0.430. The van der Waals surface area contributed by atoms with Crippen LogP contribution in [0.4, 0.5) is 10.5 Å². The van der Waals surface area contributed by atoms with E-state index in [4.69, 9.17) is 4.74 Å². The van der Waals surface area contributed by atoms with E-state index >= 15 is 0 Å². The lowest BCUT2D eigenvalue weighted by atomic mass is 9.81. The molecule has 0 aliphatic heterocycles. The van der Waals surface area contributed by atoms with Crippen LogP contribution >= 0.6 is 0 Å². The smallest absolute Gasteiger partial charge is 0.412 e. The van der Waals surface area contributed by atoms with Crippen LogP contribution in [0.25, 0.3) is 22.2 Å². The van der Waals surface area contributed by atoms with E-state index < -0.39 is 11.7 Å². The molecular formula is C25H30N2O2. The van der Waals surface area contributed by atoms with Gasteiger partial charge in [0, 0.05) is 16.5 Å². The van der Waals surface area contributed by atoms with Gasteiger partial charge in [-0.05, 0) is 57.2 Å². The van der Waals surface area contributed by atoms with Gasteiger partial charge in [-0.15, -0.1) is 0 Å². The Morgan fingerprint density at radius 2 is 1.69 bits per heavy atom. The minimum atomic E-state index is -0.534. The largest absolute Gasteiger partial charge is 0.444 e. The Bertz CT molecular complexity index is 1010. The quantitative estimate of drug-likeness (QED) is 0.495. The standard InChI is InChI=1S/C25H30N2O2/c1-25(2,3)29-24(28)27-21-16-10-8-14-19(21)23-22(17-11-5-4-6-12-17)18-13-7-9-15-20(18)26-23/h7-10,13-17,26H,4-6,11-12H2,1-3H3,(H,27,28). The van der Waals surface area contributed by atoms with Crippen molar-refractivity contribution in [1.29, 1.82) is 0 Å². The van der Waals surface area contributed by atoms with E-state index in [-0.39, 0.29) is 0 Å². The van der Waals surface area contributed by atoms with Gasteiger partial charge in [0.1, 0.15) is 5.60 Å². The number of nitrogens with one attached hydrogen (secondary N) is 2. The number of carbonyl (C=O) groups excluding carboxylic acids is 1. The predicted molar refractivity (Wildman–Crippen MR) is 119 cm³/mol. The molecule has 4 heteroatoms. The Kier molecular flexibility index (Phi) is 5.35. The molecule has 0 unspecified atom stereocenters. The number of amides is 1. The van der Waals surface area contributed by atoms with Gasteiger partial charge in [0.2, 0.25) is 0 Å².